The van der Waals surface area contributed by atoms with Gasteiger partial charge in [0.05, 0.1) is 18.2 Å². The lowest BCUT2D eigenvalue weighted by atomic mass is 10.1. The van der Waals surface area contributed by atoms with Gasteiger partial charge in [-0.2, -0.15) is 0 Å². The Labute approximate surface area is 97.7 Å². The molecule has 2 rings (SSSR count). The van der Waals surface area contributed by atoms with Gasteiger partial charge in [0.15, 0.2) is 11.5 Å². The maximum Gasteiger partial charge on any atom is 0.167 e. The second-order valence-electron chi connectivity index (χ2n) is 3.50. The number of benzene rings is 1. The second kappa shape index (κ2) is 4.89. The first-order valence-corrected chi connectivity index (χ1v) is 5.49. The monoisotopic (exact) mass is 246 g/mol. The van der Waals surface area contributed by atoms with E-state index in [-0.39, 0.29) is 23.6 Å². The largest absolute Gasteiger partial charge is 0.489 e. The molecule has 3 nitrogen and oxygen atoms in total. The van der Waals surface area contributed by atoms with Crippen molar-refractivity contribution in [2.24, 2.45) is 0 Å². The maximum atomic E-state index is 13.7. The first kappa shape index (κ1) is 11.5. The summed E-state index contributed by atoms with van der Waals surface area (Å²) in [6.45, 7) is 0.840. The molecule has 0 unspecified atom stereocenters. The van der Waals surface area contributed by atoms with Crippen molar-refractivity contribution in [3.05, 3.63) is 22.5 Å². The summed E-state index contributed by atoms with van der Waals surface area (Å²) < 4.78 is 24.6. The van der Waals surface area contributed by atoms with Crippen molar-refractivity contribution >= 4 is 11.6 Å². The lowest BCUT2D eigenvalue weighted by Crippen LogP contribution is -2.03. The van der Waals surface area contributed by atoms with Crippen LogP contribution in [-0.2, 0) is 6.42 Å². The molecule has 1 aliphatic rings. The van der Waals surface area contributed by atoms with Crippen LogP contribution >= 0.6 is 11.6 Å². The van der Waals surface area contributed by atoms with E-state index in [1.54, 1.807) is 0 Å². The normalized spacial score (nSPS) is 14.7. The number of hydrogen-bond acceptors (Lipinski definition) is 3. The SMILES string of the molecule is OCCc1c(F)c(Cl)cc2c1OCCCO2. The van der Waals surface area contributed by atoms with E-state index in [1.165, 1.54) is 6.07 Å². The van der Waals surface area contributed by atoms with Gasteiger partial charge in [-0.25, -0.2) is 4.39 Å². The number of hydrogen-bond donors (Lipinski definition) is 1. The quantitative estimate of drug-likeness (QED) is 0.869. The van der Waals surface area contributed by atoms with Crippen LogP contribution in [0.4, 0.5) is 4.39 Å². The van der Waals surface area contributed by atoms with Gasteiger partial charge in [0.1, 0.15) is 5.82 Å². The van der Waals surface area contributed by atoms with E-state index in [4.69, 9.17) is 26.2 Å². The molecule has 88 valence electrons. The lowest BCUT2D eigenvalue weighted by molar-refractivity contribution is 0.284. The van der Waals surface area contributed by atoms with Gasteiger partial charge in [0.25, 0.3) is 0 Å². The zero-order chi connectivity index (χ0) is 11.5. The Morgan fingerprint density at radius 3 is 2.88 bits per heavy atom. The topological polar surface area (TPSA) is 38.7 Å². The number of fused-ring (bicyclic) bond motifs is 1. The molecule has 1 aliphatic heterocycles. The van der Waals surface area contributed by atoms with E-state index in [0.29, 0.717) is 24.7 Å². The van der Waals surface area contributed by atoms with Crippen LogP contribution < -0.4 is 9.47 Å². The van der Waals surface area contributed by atoms with E-state index in [1.807, 2.05) is 0 Å². The van der Waals surface area contributed by atoms with Crippen molar-refractivity contribution in [1.29, 1.82) is 0 Å². The summed E-state index contributed by atoms with van der Waals surface area (Å²) >= 11 is 5.75. The van der Waals surface area contributed by atoms with Crippen LogP contribution in [0.2, 0.25) is 5.02 Å². The van der Waals surface area contributed by atoms with Crippen molar-refractivity contribution in [2.45, 2.75) is 12.8 Å². The Bertz CT molecular complexity index is 395. The highest BCUT2D eigenvalue weighted by molar-refractivity contribution is 6.31. The third-order valence-corrected chi connectivity index (χ3v) is 2.66. The Morgan fingerprint density at radius 1 is 1.38 bits per heavy atom. The lowest BCUT2D eigenvalue weighted by Gasteiger charge is -2.13. The Kier molecular flexibility index (Phi) is 3.51. The van der Waals surface area contributed by atoms with Crippen LogP contribution in [-0.4, -0.2) is 24.9 Å². The fourth-order valence-electron chi connectivity index (χ4n) is 1.65. The summed E-state index contributed by atoms with van der Waals surface area (Å²) in [6.07, 6.45) is 0.907. The minimum absolute atomic E-state index is 0.00676. The molecule has 1 aromatic rings. The molecule has 0 bridgehead atoms. The highest BCUT2D eigenvalue weighted by Crippen LogP contribution is 2.38. The third-order valence-electron chi connectivity index (χ3n) is 2.38. The molecule has 0 spiro atoms. The summed E-state index contributed by atoms with van der Waals surface area (Å²) in [6, 6.07) is 1.42. The molecular weight excluding hydrogens is 235 g/mol. The number of aliphatic hydroxyl groups is 1. The molecule has 0 atom stereocenters. The van der Waals surface area contributed by atoms with Gasteiger partial charge in [-0.3, -0.25) is 0 Å². The van der Waals surface area contributed by atoms with E-state index < -0.39 is 5.82 Å². The van der Waals surface area contributed by atoms with E-state index in [2.05, 4.69) is 0 Å². The summed E-state index contributed by atoms with van der Waals surface area (Å²) in [7, 11) is 0. The van der Waals surface area contributed by atoms with Crippen LogP contribution in [0, 0.1) is 5.82 Å². The molecule has 5 heteroatoms. The Hall–Kier alpha value is -1.00. The van der Waals surface area contributed by atoms with Crippen molar-refractivity contribution in [1.82, 2.24) is 0 Å². The molecule has 16 heavy (non-hydrogen) atoms. The third kappa shape index (κ3) is 2.08. The molecule has 0 amide bonds. The van der Waals surface area contributed by atoms with Gasteiger partial charge in [-0.1, -0.05) is 11.6 Å². The summed E-state index contributed by atoms with van der Waals surface area (Å²) in [5, 5.41) is 8.89. The first-order chi connectivity index (χ1) is 7.74. The minimum Gasteiger partial charge on any atom is -0.489 e. The molecule has 1 heterocycles. The van der Waals surface area contributed by atoms with Crippen LogP contribution in [0.25, 0.3) is 0 Å². The molecule has 0 radical (unpaired) electrons. The van der Waals surface area contributed by atoms with Gasteiger partial charge in [0, 0.05) is 31.1 Å². The zero-order valence-electron chi connectivity index (χ0n) is 8.63. The predicted molar refractivity (Wildman–Crippen MR) is 57.8 cm³/mol. The molecule has 0 aliphatic carbocycles. The molecular formula is C11H12ClFO3. The first-order valence-electron chi connectivity index (χ1n) is 5.11. The fourth-order valence-corrected chi connectivity index (χ4v) is 1.87. The van der Waals surface area contributed by atoms with Crippen molar-refractivity contribution in [3.8, 4) is 11.5 Å². The van der Waals surface area contributed by atoms with Crippen molar-refractivity contribution < 1.29 is 19.0 Å². The standard InChI is InChI=1S/C11H12ClFO3/c12-8-6-9-11(16-5-1-4-15-9)7(2-3-14)10(8)13/h6,14H,1-5H2. The van der Waals surface area contributed by atoms with Gasteiger partial charge in [-0.15, -0.1) is 0 Å². The number of aliphatic hydroxyl groups excluding tert-OH is 1. The van der Waals surface area contributed by atoms with Crippen molar-refractivity contribution in [2.75, 3.05) is 19.8 Å². The number of ether oxygens (including phenoxy) is 2. The Morgan fingerprint density at radius 2 is 2.12 bits per heavy atom. The van der Waals surface area contributed by atoms with E-state index in [0.717, 1.165) is 6.42 Å². The number of halogens is 2. The minimum atomic E-state index is -0.542. The van der Waals surface area contributed by atoms with Gasteiger partial charge in [-0.05, 0) is 0 Å². The average Bonchev–Trinajstić information content (AvgIpc) is 2.50. The summed E-state index contributed by atoms with van der Waals surface area (Å²) in [5.41, 5.74) is 0.284. The van der Waals surface area contributed by atoms with Crippen LogP contribution in [0.1, 0.15) is 12.0 Å². The smallest absolute Gasteiger partial charge is 0.167 e. The fraction of sp³-hybridized carbons (Fsp3) is 0.455. The second-order valence-corrected chi connectivity index (χ2v) is 3.91. The molecule has 0 saturated carbocycles. The van der Waals surface area contributed by atoms with Crippen molar-refractivity contribution in [3.63, 3.8) is 0 Å². The number of rotatable bonds is 2. The molecule has 0 saturated heterocycles. The predicted octanol–water partition coefficient (Wildman–Crippen LogP) is 2.18. The zero-order valence-corrected chi connectivity index (χ0v) is 9.39. The van der Waals surface area contributed by atoms with Crippen LogP contribution in [0.5, 0.6) is 11.5 Å². The average molecular weight is 247 g/mol. The van der Waals surface area contributed by atoms with Gasteiger partial charge >= 0.3 is 0 Å². The van der Waals surface area contributed by atoms with Gasteiger partial charge < -0.3 is 14.6 Å². The highest BCUT2D eigenvalue weighted by atomic mass is 35.5. The van der Waals surface area contributed by atoms with Crippen LogP contribution in [0.15, 0.2) is 6.07 Å². The highest BCUT2D eigenvalue weighted by Gasteiger charge is 2.21. The maximum absolute atomic E-state index is 13.7. The molecule has 0 aromatic heterocycles. The summed E-state index contributed by atoms with van der Waals surface area (Å²) in [4.78, 5) is 0. The van der Waals surface area contributed by atoms with Crippen LogP contribution in [0.3, 0.4) is 0 Å². The molecule has 1 N–H and O–H groups in total. The van der Waals surface area contributed by atoms with E-state index >= 15 is 0 Å². The Balaban J connectivity index is 2.51. The van der Waals surface area contributed by atoms with E-state index in [9.17, 15) is 4.39 Å². The summed E-state index contributed by atoms with van der Waals surface area (Å²) in [5.74, 6) is 0.278. The van der Waals surface area contributed by atoms with Gasteiger partial charge in [0.2, 0.25) is 0 Å². The molecule has 0 fully saturated rings. The molecule has 1 aromatic carbocycles.